The van der Waals surface area contributed by atoms with Gasteiger partial charge in [-0.2, -0.15) is 0 Å². The molecule has 5 nitrogen and oxygen atoms in total. The average molecular weight is 322 g/mol. The van der Waals surface area contributed by atoms with Gasteiger partial charge < -0.3 is 5.32 Å². The Labute approximate surface area is 135 Å². The number of hydrogen-bond donors (Lipinski definition) is 1. The molecule has 1 saturated carbocycles. The maximum Gasteiger partial charge on any atom is 0.269 e. The average Bonchev–Trinajstić information content (AvgIpc) is 2.54. The van der Waals surface area contributed by atoms with Crippen molar-refractivity contribution < 1.29 is 9.72 Å². The van der Waals surface area contributed by atoms with Gasteiger partial charge in [-0.25, -0.2) is 0 Å². The van der Waals surface area contributed by atoms with Gasteiger partial charge in [0.1, 0.15) is 0 Å². The van der Waals surface area contributed by atoms with Gasteiger partial charge in [0.05, 0.1) is 10.7 Å². The monoisotopic (exact) mass is 322 g/mol. The first kappa shape index (κ1) is 16.8. The summed E-state index contributed by atoms with van der Waals surface area (Å²) in [6.45, 7) is 0.754. The molecule has 0 bridgehead atoms. The Bertz CT molecular complexity index is 499. The molecular formula is C16H22N2O3S. The quantitative estimate of drug-likeness (QED) is 0.471. The van der Waals surface area contributed by atoms with E-state index < -0.39 is 4.92 Å². The Kier molecular flexibility index (Phi) is 6.71. The molecule has 1 aliphatic carbocycles. The van der Waals surface area contributed by atoms with Crippen molar-refractivity contribution in [1.29, 1.82) is 0 Å². The molecule has 1 aromatic carbocycles. The molecule has 120 valence electrons. The summed E-state index contributed by atoms with van der Waals surface area (Å²) in [6, 6.07) is 6.28. The van der Waals surface area contributed by atoms with Crippen LogP contribution in [0.2, 0.25) is 0 Å². The summed E-state index contributed by atoms with van der Waals surface area (Å²) in [6.07, 6.45) is 7.69. The zero-order chi connectivity index (χ0) is 15.8. The van der Waals surface area contributed by atoms with Gasteiger partial charge in [-0.3, -0.25) is 14.9 Å². The third-order valence-electron chi connectivity index (χ3n) is 4.02. The lowest BCUT2D eigenvalue weighted by Crippen LogP contribution is -2.27. The van der Waals surface area contributed by atoms with E-state index in [1.165, 1.54) is 56.0 Å². The van der Waals surface area contributed by atoms with Gasteiger partial charge in [0.25, 0.3) is 5.69 Å². The molecule has 1 fully saturated rings. The number of nitro groups is 1. The zero-order valence-corrected chi connectivity index (χ0v) is 13.4. The SMILES string of the molecule is O=C(CSc1ccc([N+](=O)[O-])cc1)NCCC1CCCCC1. The molecule has 1 aromatic rings. The van der Waals surface area contributed by atoms with Gasteiger partial charge >= 0.3 is 0 Å². The molecule has 0 radical (unpaired) electrons. The number of carbonyl (C=O) groups excluding carboxylic acids is 1. The van der Waals surface area contributed by atoms with Crippen LogP contribution in [-0.4, -0.2) is 23.1 Å². The van der Waals surface area contributed by atoms with E-state index in [1.54, 1.807) is 12.1 Å². The van der Waals surface area contributed by atoms with Crippen molar-refractivity contribution in [3.05, 3.63) is 34.4 Å². The van der Waals surface area contributed by atoms with Gasteiger partial charge in [-0.05, 0) is 24.5 Å². The van der Waals surface area contributed by atoms with Crippen LogP contribution in [0.15, 0.2) is 29.2 Å². The number of benzene rings is 1. The molecule has 1 amide bonds. The lowest BCUT2D eigenvalue weighted by atomic mass is 9.87. The van der Waals surface area contributed by atoms with Crippen LogP contribution in [0.1, 0.15) is 38.5 Å². The van der Waals surface area contributed by atoms with Crippen molar-refractivity contribution in [3.8, 4) is 0 Å². The van der Waals surface area contributed by atoms with Gasteiger partial charge in [0.15, 0.2) is 0 Å². The summed E-state index contributed by atoms with van der Waals surface area (Å²) in [5.41, 5.74) is 0.0706. The lowest BCUT2D eigenvalue weighted by molar-refractivity contribution is -0.384. The first-order chi connectivity index (χ1) is 10.6. The van der Waals surface area contributed by atoms with Crippen LogP contribution >= 0.6 is 11.8 Å². The maximum atomic E-state index is 11.8. The van der Waals surface area contributed by atoms with E-state index >= 15 is 0 Å². The molecule has 0 unspecified atom stereocenters. The number of amides is 1. The molecule has 6 heteroatoms. The Hall–Kier alpha value is -1.56. The summed E-state index contributed by atoms with van der Waals surface area (Å²) in [4.78, 5) is 22.8. The van der Waals surface area contributed by atoms with Gasteiger partial charge in [0.2, 0.25) is 5.91 Å². The molecule has 0 spiro atoms. The summed E-state index contributed by atoms with van der Waals surface area (Å²) >= 11 is 1.40. The topological polar surface area (TPSA) is 72.2 Å². The van der Waals surface area contributed by atoms with E-state index in [0.717, 1.165) is 23.8 Å². The second-order valence-corrected chi connectivity index (χ2v) is 6.73. The second kappa shape index (κ2) is 8.78. The Balaban J connectivity index is 1.63. The molecule has 0 heterocycles. The largest absolute Gasteiger partial charge is 0.355 e. The number of nitrogens with zero attached hydrogens (tertiary/aromatic N) is 1. The van der Waals surface area contributed by atoms with E-state index in [2.05, 4.69) is 5.32 Å². The summed E-state index contributed by atoms with van der Waals surface area (Å²) in [5.74, 6) is 1.15. The van der Waals surface area contributed by atoms with Crippen molar-refractivity contribution in [2.45, 2.75) is 43.4 Å². The van der Waals surface area contributed by atoms with Crippen molar-refractivity contribution in [2.24, 2.45) is 5.92 Å². The zero-order valence-electron chi connectivity index (χ0n) is 12.6. The normalized spacial score (nSPS) is 15.5. The minimum atomic E-state index is -0.424. The number of nitro benzene ring substituents is 1. The highest BCUT2D eigenvalue weighted by Crippen LogP contribution is 2.25. The highest BCUT2D eigenvalue weighted by Gasteiger charge is 2.13. The van der Waals surface area contributed by atoms with Crippen LogP contribution in [0.5, 0.6) is 0 Å². The third-order valence-corrected chi connectivity index (χ3v) is 5.03. The minimum absolute atomic E-state index is 0.0270. The van der Waals surface area contributed by atoms with E-state index in [4.69, 9.17) is 0 Å². The van der Waals surface area contributed by atoms with Crippen molar-refractivity contribution in [1.82, 2.24) is 5.32 Å². The summed E-state index contributed by atoms with van der Waals surface area (Å²) in [5, 5.41) is 13.5. The van der Waals surface area contributed by atoms with Gasteiger partial charge in [-0.15, -0.1) is 11.8 Å². The molecule has 2 rings (SSSR count). The fourth-order valence-corrected chi connectivity index (χ4v) is 3.48. The first-order valence-electron chi connectivity index (χ1n) is 7.79. The molecule has 1 N–H and O–H groups in total. The van der Waals surface area contributed by atoms with E-state index in [-0.39, 0.29) is 11.6 Å². The van der Waals surface area contributed by atoms with Gasteiger partial charge in [0, 0.05) is 23.6 Å². The number of hydrogen-bond acceptors (Lipinski definition) is 4. The Morgan fingerprint density at radius 2 is 1.91 bits per heavy atom. The van der Waals surface area contributed by atoms with Crippen LogP contribution in [0, 0.1) is 16.0 Å². The molecule has 22 heavy (non-hydrogen) atoms. The van der Waals surface area contributed by atoms with E-state index in [0.29, 0.717) is 5.75 Å². The second-order valence-electron chi connectivity index (χ2n) is 5.68. The van der Waals surface area contributed by atoms with Crippen molar-refractivity contribution in [2.75, 3.05) is 12.3 Å². The molecule has 0 atom stereocenters. The maximum absolute atomic E-state index is 11.8. The molecular weight excluding hydrogens is 300 g/mol. The van der Waals surface area contributed by atoms with Crippen LogP contribution in [0.4, 0.5) is 5.69 Å². The van der Waals surface area contributed by atoms with Crippen LogP contribution in [0.25, 0.3) is 0 Å². The third kappa shape index (κ3) is 5.67. The van der Waals surface area contributed by atoms with Crippen LogP contribution < -0.4 is 5.32 Å². The predicted molar refractivity (Wildman–Crippen MR) is 88.0 cm³/mol. The van der Waals surface area contributed by atoms with Crippen LogP contribution in [0.3, 0.4) is 0 Å². The summed E-state index contributed by atoms with van der Waals surface area (Å²) < 4.78 is 0. The lowest BCUT2D eigenvalue weighted by Gasteiger charge is -2.21. The predicted octanol–water partition coefficient (Wildman–Crippen LogP) is 3.77. The molecule has 0 aromatic heterocycles. The Morgan fingerprint density at radius 3 is 2.55 bits per heavy atom. The molecule has 0 saturated heterocycles. The Morgan fingerprint density at radius 1 is 1.23 bits per heavy atom. The molecule has 1 aliphatic rings. The first-order valence-corrected chi connectivity index (χ1v) is 8.77. The minimum Gasteiger partial charge on any atom is -0.355 e. The number of non-ortho nitro benzene ring substituents is 1. The number of carbonyl (C=O) groups is 1. The highest BCUT2D eigenvalue weighted by atomic mass is 32.2. The number of thioether (sulfide) groups is 1. The highest BCUT2D eigenvalue weighted by molar-refractivity contribution is 8.00. The molecule has 0 aliphatic heterocycles. The smallest absolute Gasteiger partial charge is 0.269 e. The summed E-state index contributed by atoms with van der Waals surface area (Å²) in [7, 11) is 0. The number of nitrogens with one attached hydrogen (secondary N) is 1. The van der Waals surface area contributed by atoms with Crippen molar-refractivity contribution in [3.63, 3.8) is 0 Å². The van der Waals surface area contributed by atoms with E-state index in [1.807, 2.05) is 0 Å². The number of rotatable bonds is 7. The fraction of sp³-hybridized carbons (Fsp3) is 0.562. The van der Waals surface area contributed by atoms with E-state index in [9.17, 15) is 14.9 Å². The van der Waals surface area contributed by atoms with Gasteiger partial charge in [-0.1, -0.05) is 32.1 Å². The van der Waals surface area contributed by atoms with Crippen molar-refractivity contribution >= 4 is 23.4 Å². The fourth-order valence-electron chi connectivity index (χ4n) is 2.76. The standard InChI is InChI=1S/C16H22N2O3S/c19-16(17-11-10-13-4-2-1-3-5-13)12-22-15-8-6-14(7-9-15)18(20)21/h6-9,13H,1-5,10-12H2,(H,17,19). The van der Waals surface area contributed by atoms with Crippen LogP contribution in [-0.2, 0) is 4.79 Å².